The zero-order valence-electron chi connectivity index (χ0n) is 10.4. The van der Waals surface area contributed by atoms with Crippen LogP contribution in [-0.4, -0.2) is 10.1 Å². The first-order valence-corrected chi connectivity index (χ1v) is 6.04. The molecule has 1 aromatic heterocycles. The van der Waals surface area contributed by atoms with Crippen LogP contribution in [0.5, 0.6) is 5.88 Å². The molecule has 0 aliphatic carbocycles. The van der Waals surface area contributed by atoms with Gasteiger partial charge < -0.3 is 5.11 Å². The van der Waals surface area contributed by atoms with Crippen LogP contribution in [0, 0.1) is 11.3 Å². The van der Waals surface area contributed by atoms with Crippen LogP contribution in [0.4, 0.5) is 0 Å². The summed E-state index contributed by atoms with van der Waals surface area (Å²) in [6, 6.07) is 16.7. The molecule has 0 spiro atoms. The van der Waals surface area contributed by atoms with Crippen molar-refractivity contribution in [1.29, 1.82) is 5.26 Å². The van der Waals surface area contributed by atoms with Crippen molar-refractivity contribution in [3.63, 3.8) is 0 Å². The molecule has 0 amide bonds. The second-order valence-electron chi connectivity index (χ2n) is 4.44. The van der Waals surface area contributed by atoms with Crippen LogP contribution < -0.4 is 5.56 Å². The van der Waals surface area contributed by atoms with Gasteiger partial charge in [0.25, 0.3) is 5.56 Å². The molecule has 0 radical (unpaired) electrons. The monoisotopic (exact) mass is 262 g/mol. The first-order valence-electron chi connectivity index (χ1n) is 6.04. The van der Waals surface area contributed by atoms with Crippen molar-refractivity contribution >= 4 is 10.8 Å². The van der Waals surface area contributed by atoms with Crippen LogP contribution in [0.2, 0.25) is 0 Å². The second kappa shape index (κ2) is 4.56. The Morgan fingerprint density at radius 3 is 2.55 bits per heavy atom. The van der Waals surface area contributed by atoms with Gasteiger partial charge in [0, 0.05) is 11.6 Å². The molecule has 2 aromatic carbocycles. The number of aromatic nitrogens is 1. The smallest absolute Gasteiger partial charge is 0.251 e. The number of H-pyrrole nitrogens is 1. The molecular weight excluding hydrogens is 252 g/mol. The van der Waals surface area contributed by atoms with Crippen molar-refractivity contribution in [2.75, 3.05) is 0 Å². The third-order valence-corrected chi connectivity index (χ3v) is 3.20. The summed E-state index contributed by atoms with van der Waals surface area (Å²) >= 11 is 0. The predicted molar refractivity (Wildman–Crippen MR) is 76.4 cm³/mol. The van der Waals surface area contributed by atoms with E-state index in [0.29, 0.717) is 5.56 Å². The first-order chi connectivity index (χ1) is 9.69. The molecule has 4 nitrogen and oxygen atoms in total. The summed E-state index contributed by atoms with van der Waals surface area (Å²) in [4.78, 5) is 13.7. The van der Waals surface area contributed by atoms with Gasteiger partial charge >= 0.3 is 0 Å². The number of benzene rings is 2. The molecule has 0 saturated carbocycles. The summed E-state index contributed by atoms with van der Waals surface area (Å²) in [5.41, 5.74) is 0.783. The van der Waals surface area contributed by atoms with E-state index in [1.807, 2.05) is 48.5 Å². The lowest BCUT2D eigenvalue weighted by Gasteiger charge is -2.06. The molecule has 20 heavy (non-hydrogen) atoms. The minimum absolute atomic E-state index is 0.0693. The van der Waals surface area contributed by atoms with Gasteiger partial charge in [0.2, 0.25) is 5.88 Å². The van der Waals surface area contributed by atoms with Crippen LogP contribution in [0.3, 0.4) is 0 Å². The number of pyridine rings is 1. The molecule has 0 atom stereocenters. The number of rotatable bonds is 1. The molecule has 0 aliphatic rings. The van der Waals surface area contributed by atoms with Gasteiger partial charge in [-0.3, -0.25) is 9.78 Å². The summed E-state index contributed by atoms with van der Waals surface area (Å²) < 4.78 is 0. The van der Waals surface area contributed by atoms with Gasteiger partial charge in [-0.15, -0.1) is 0 Å². The summed E-state index contributed by atoms with van der Waals surface area (Å²) in [5, 5.41) is 20.9. The molecule has 0 saturated heterocycles. The van der Waals surface area contributed by atoms with Gasteiger partial charge in [-0.1, -0.05) is 36.4 Å². The zero-order valence-corrected chi connectivity index (χ0v) is 10.4. The van der Waals surface area contributed by atoms with E-state index in [-0.39, 0.29) is 5.56 Å². The Hall–Kier alpha value is -3.06. The van der Waals surface area contributed by atoms with Crippen molar-refractivity contribution in [3.05, 3.63) is 64.4 Å². The van der Waals surface area contributed by atoms with E-state index in [1.54, 1.807) is 0 Å². The Morgan fingerprint density at radius 1 is 1.05 bits per heavy atom. The number of nitrogens with zero attached hydrogens (tertiary/aromatic N) is 1. The number of aromatic hydroxyl groups is 1. The average Bonchev–Trinajstić information content (AvgIpc) is 2.46. The Morgan fingerprint density at radius 2 is 1.80 bits per heavy atom. The van der Waals surface area contributed by atoms with Crippen LogP contribution in [0.15, 0.2) is 53.3 Å². The van der Waals surface area contributed by atoms with Crippen molar-refractivity contribution in [2.24, 2.45) is 0 Å². The molecule has 0 fully saturated rings. The maximum Gasteiger partial charge on any atom is 0.251 e. The van der Waals surface area contributed by atoms with E-state index in [4.69, 9.17) is 5.26 Å². The van der Waals surface area contributed by atoms with Crippen LogP contribution in [0.25, 0.3) is 21.9 Å². The van der Waals surface area contributed by atoms with E-state index in [9.17, 15) is 9.90 Å². The topological polar surface area (TPSA) is 76.9 Å². The molecule has 4 heteroatoms. The Balaban J connectivity index is 2.31. The molecule has 0 bridgehead atoms. The second-order valence-corrected chi connectivity index (χ2v) is 4.44. The van der Waals surface area contributed by atoms with Crippen molar-refractivity contribution in [2.45, 2.75) is 0 Å². The van der Waals surface area contributed by atoms with Crippen LogP contribution in [-0.2, 0) is 0 Å². The number of fused-ring (bicyclic) bond motifs is 1. The maximum atomic E-state index is 11.5. The average molecular weight is 262 g/mol. The van der Waals surface area contributed by atoms with E-state index in [2.05, 4.69) is 4.98 Å². The molecule has 0 unspecified atom stereocenters. The lowest BCUT2D eigenvalue weighted by atomic mass is 9.99. The van der Waals surface area contributed by atoms with Crippen molar-refractivity contribution in [3.8, 4) is 23.1 Å². The molecular formula is C16H10N2O2. The van der Waals surface area contributed by atoms with Crippen molar-refractivity contribution in [1.82, 2.24) is 4.98 Å². The highest BCUT2D eigenvalue weighted by Crippen LogP contribution is 2.28. The normalized spacial score (nSPS) is 10.3. The van der Waals surface area contributed by atoms with Gasteiger partial charge in [-0.05, 0) is 22.4 Å². The Bertz CT molecular complexity index is 904. The highest BCUT2D eigenvalue weighted by atomic mass is 16.3. The summed E-state index contributed by atoms with van der Waals surface area (Å²) in [6.07, 6.45) is 0. The SMILES string of the molecule is N#Cc1c(-c2ccc3ccccc3c2)cc(=O)[nH]c1O. The van der Waals surface area contributed by atoms with Gasteiger partial charge in [0.15, 0.2) is 0 Å². The standard InChI is InChI=1S/C16H10N2O2/c17-9-14-13(8-15(19)18-16(14)20)12-6-5-10-3-1-2-4-11(10)7-12/h1-8H,(H2,18,19,20). The molecule has 3 aromatic rings. The Labute approximate surface area is 114 Å². The summed E-state index contributed by atoms with van der Waals surface area (Å²) in [7, 11) is 0. The van der Waals surface area contributed by atoms with E-state index in [0.717, 1.165) is 16.3 Å². The number of aromatic amines is 1. The first kappa shape index (κ1) is 12.0. The van der Waals surface area contributed by atoms with E-state index >= 15 is 0 Å². The van der Waals surface area contributed by atoms with Crippen LogP contribution in [0.1, 0.15) is 5.56 Å². The lowest BCUT2D eigenvalue weighted by molar-refractivity contribution is 0.450. The third kappa shape index (κ3) is 1.91. The number of hydrogen-bond donors (Lipinski definition) is 2. The van der Waals surface area contributed by atoms with Gasteiger partial charge in [0.05, 0.1) is 0 Å². The molecule has 3 rings (SSSR count). The maximum absolute atomic E-state index is 11.5. The summed E-state index contributed by atoms with van der Waals surface area (Å²) in [6.45, 7) is 0. The minimum atomic E-state index is -0.440. The van der Waals surface area contributed by atoms with E-state index < -0.39 is 11.4 Å². The minimum Gasteiger partial charge on any atom is -0.494 e. The van der Waals surface area contributed by atoms with E-state index in [1.165, 1.54) is 6.07 Å². The van der Waals surface area contributed by atoms with Gasteiger partial charge in [-0.25, -0.2) is 0 Å². The zero-order chi connectivity index (χ0) is 14.1. The fourth-order valence-corrected chi connectivity index (χ4v) is 2.24. The largest absolute Gasteiger partial charge is 0.494 e. The molecule has 1 heterocycles. The van der Waals surface area contributed by atoms with Gasteiger partial charge in [-0.2, -0.15) is 5.26 Å². The molecule has 2 N–H and O–H groups in total. The van der Waals surface area contributed by atoms with Crippen molar-refractivity contribution < 1.29 is 5.11 Å². The quantitative estimate of drug-likeness (QED) is 0.708. The third-order valence-electron chi connectivity index (χ3n) is 3.20. The predicted octanol–water partition coefficient (Wildman–Crippen LogP) is 2.77. The molecule has 0 aliphatic heterocycles. The lowest BCUT2D eigenvalue weighted by Crippen LogP contribution is -2.06. The number of nitriles is 1. The fraction of sp³-hybridized carbons (Fsp3) is 0. The van der Waals surface area contributed by atoms with Gasteiger partial charge in [0.1, 0.15) is 11.6 Å². The Kier molecular flexibility index (Phi) is 2.73. The highest BCUT2D eigenvalue weighted by Gasteiger charge is 2.11. The van der Waals surface area contributed by atoms with Crippen LogP contribution >= 0.6 is 0 Å². The number of nitrogens with one attached hydrogen (secondary N) is 1. The highest BCUT2D eigenvalue weighted by molar-refractivity contribution is 5.88. The summed E-state index contributed by atoms with van der Waals surface area (Å²) in [5.74, 6) is -0.400. The fourth-order valence-electron chi connectivity index (χ4n) is 2.24. The number of hydrogen-bond acceptors (Lipinski definition) is 3. The molecule has 96 valence electrons.